The molecule has 1 N–H and O–H groups in total. The van der Waals surface area contributed by atoms with E-state index >= 15 is 0 Å². The lowest BCUT2D eigenvalue weighted by molar-refractivity contribution is -0.130. The first kappa shape index (κ1) is 16.5. The first-order chi connectivity index (χ1) is 10.6. The van der Waals surface area contributed by atoms with Crippen molar-refractivity contribution in [3.63, 3.8) is 0 Å². The van der Waals surface area contributed by atoms with Gasteiger partial charge in [0.25, 0.3) is 5.91 Å². The average molecular weight is 303 g/mol. The third-order valence-corrected chi connectivity index (χ3v) is 4.20. The number of aryl methyl sites for hydroxylation is 1. The van der Waals surface area contributed by atoms with Gasteiger partial charge in [-0.25, -0.2) is 4.79 Å². The van der Waals surface area contributed by atoms with Gasteiger partial charge in [0.2, 0.25) is 0 Å². The molecule has 0 heterocycles. The minimum Gasteiger partial charge on any atom is -0.449 e. The molecule has 0 saturated heterocycles. The predicted octanol–water partition coefficient (Wildman–Crippen LogP) is 3.24. The predicted molar refractivity (Wildman–Crippen MR) is 85.7 cm³/mol. The van der Waals surface area contributed by atoms with E-state index in [2.05, 4.69) is 12.2 Å². The molecule has 0 spiro atoms. The molecule has 1 aromatic rings. The zero-order valence-corrected chi connectivity index (χ0v) is 13.4. The van der Waals surface area contributed by atoms with E-state index in [4.69, 9.17) is 4.74 Å². The second kappa shape index (κ2) is 7.97. The number of carbonyl (C=O) groups excluding carboxylic acids is 2. The van der Waals surface area contributed by atoms with Crippen molar-refractivity contribution in [1.29, 1.82) is 0 Å². The third kappa shape index (κ3) is 4.58. The molecule has 1 aromatic carbocycles. The van der Waals surface area contributed by atoms with Crippen LogP contribution in [0.1, 0.15) is 61.9 Å². The van der Waals surface area contributed by atoms with E-state index in [0.717, 1.165) is 32.1 Å². The summed E-state index contributed by atoms with van der Waals surface area (Å²) in [6.07, 6.45) is 5.75. The fourth-order valence-corrected chi connectivity index (χ4v) is 2.72. The molecule has 120 valence electrons. The SMILES string of the molecule is CCc1ccc(C(=O)OC(C)C(=O)NC2CCCCC2)cc1. The highest BCUT2D eigenvalue weighted by Crippen LogP contribution is 2.17. The number of amides is 1. The minimum absolute atomic E-state index is 0.203. The van der Waals surface area contributed by atoms with Crippen molar-refractivity contribution < 1.29 is 14.3 Å². The van der Waals surface area contributed by atoms with Crippen LogP contribution in [0.4, 0.5) is 0 Å². The van der Waals surface area contributed by atoms with Crippen LogP contribution < -0.4 is 5.32 Å². The Labute approximate surface area is 132 Å². The summed E-state index contributed by atoms with van der Waals surface area (Å²) in [6.45, 7) is 3.68. The van der Waals surface area contributed by atoms with Crippen LogP contribution in [0, 0.1) is 0 Å². The summed E-state index contributed by atoms with van der Waals surface area (Å²) < 4.78 is 5.26. The Morgan fingerprint density at radius 3 is 2.41 bits per heavy atom. The summed E-state index contributed by atoms with van der Waals surface area (Å²) in [7, 11) is 0. The molecule has 0 radical (unpaired) electrons. The molecule has 0 aromatic heterocycles. The Hall–Kier alpha value is -1.84. The van der Waals surface area contributed by atoms with Gasteiger partial charge in [-0.2, -0.15) is 0 Å². The molecular weight excluding hydrogens is 278 g/mol. The topological polar surface area (TPSA) is 55.4 Å². The van der Waals surface area contributed by atoms with Crippen LogP contribution in [0.3, 0.4) is 0 Å². The number of benzene rings is 1. The van der Waals surface area contributed by atoms with Crippen LogP contribution in [0.2, 0.25) is 0 Å². The quantitative estimate of drug-likeness (QED) is 0.850. The maximum Gasteiger partial charge on any atom is 0.338 e. The van der Waals surface area contributed by atoms with Gasteiger partial charge in [0.1, 0.15) is 0 Å². The normalized spacial score (nSPS) is 16.8. The van der Waals surface area contributed by atoms with Crippen molar-refractivity contribution >= 4 is 11.9 Å². The third-order valence-electron chi connectivity index (χ3n) is 4.20. The summed E-state index contributed by atoms with van der Waals surface area (Å²) in [5, 5.41) is 2.98. The highest BCUT2D eigenvalue weighted by atomic mass is 16.5. The van der Waals surface area contributed by atoms with E-state index < -0.39 is 12.1 Å². The Kier molecular flexibility index (Phi) is 5.99. The number of esters is 1. The van der Waals surface area contributed by atoms with Gasteiger partial charge >= 0.3 is 5.97 Å². The molecule has 1 aliphatic rings. The molecule has 2 rings (SSSR count). The Morgan fingerprint density at radius 1 is 1.18 bits per heavy atom. The molecule has 4 nitrogen and oxygen atoms in total. The Balaban J connectivity index is 1.85. The van der Waals surface area contributed by atoms with Crippen molar-refractivity contribution in [1.82, 2.24) is 5.32 Å². The van der Waals surface area contributed by atoms with E-state index in [-0.39, 0.29) is 11.9 Å². The summed E-state index contributed by atoms with van der Waals surface area (Å²) in [5.41, 5.74) is 1.65. The molecule has 1 aliphatic carbocycles. The number of ether oxygens (including phenoxy) is 1. The van der Waals surface area contributed by atoms with Crippen molar-refractivity contribution in [3.05, 3.63) is 35.4 Å². The van der Waals surface area contributed by atoms with Crippen LogP contribution >= 0.6 is 0 Å². The summed E-state index contributed by atoms with van der Waals surface area (Å²) in [5.74, 6) is -0.653. The largest absolute Gasteiger partial charge is 0.449 e. The monoisotopic (exact) mass is 303 g/mol. The Bertz CT molecular complexity index is 504. The molecular formula is C18H25NO3. The van der Waals surface area contributed by atoms with Crippen molar-refractivity contribution in [2.24, 2.45) is 0 Å². The highest BCUT2D eigenvalue weighted by Gasteiger charge is 2.22. The first-order valence-corrected chi connectivity index (χ1v) is 8.20. The molecule has 0 bridgehead atoms. The number of hydrogen-bond donors (Lipinski definition) is 1. The standard InChI is InChI=1S/C18H25NO3/c1-3-14-9-11-15(12-10-14)18(21)22-13(2)17(20)19-16-7-5-4-6-8-16/h9-13,16H,3-8H2,1-2H3,(H,19,20). The maximum absolute atomic E-state index is 12.1. The van der Waals surface area contributed by atoms with Crippen LogP contribution in [0.25, 0.3) is 0 Å². The van der Waals surface area contributed by atoms with E-state index in [1.165, 1.54) is 12.0 Å². The van der Waals surface area contributed by atoms with Crippen molar-refractivity contribution in [2.45, 2.75) is 64.5 Å². The molecule has 1 unspecified atom stereocenters. The highest BCUT2D eigenvalue weighted by molar-refractivity contribution is 5.92. The van der Waals surface area contributed by atoms with Gasteiger partial charge in [0.05, 0.1) is 5.56 Å². The minimum atomic E-state index is -0.764. The Morgan fingerprint density at radius 2 is 1.82 bits per heavy atom. The summed E-state index contributed by atoms with van der Waals surface area (Å²) in [4.78, 5) is 24.1. The van der Waals surface area contributed by atoms with Gasteiger partial charge in [0.15, 0.2) is 6.10 Å². The van der Waals surface area contributed by atoms with E-state index in [1.54, 1.807) is 19.1 Å². The van der Waals surface area contributed by atoms with Gasteiger partial charge < -0.3 is 10.1 Å². The lowest BCUT2D eigenvalue weighted by Gasteiger charge is -2.24. The van der Waals surface area contributed by atoms with E-state index in [1.807, 2.05) is 12.1 Å². The molecule has 1 fully saturated rings. The van der Waals surface area contributed by atoms with Gasteiger partial charge in [-0.3, -0.25) is 4.79 Å². The summed E-state index contributed by atoms with van der Waals surface area (Å²) in [6, 6.07) is 7.53. The second-order valence-electron chi connectivity index (χ2n) is 5.94. The lowest BCUT2D eigenvalue weighted by Crippen LogP contribution is -2.42. The average Bonchev–Trinajstić information content (AvgIpc) is 2.55. The molecule has 4 heteroatoms. The number of nitrogens with one attached hydrogen (secondary N) is 1. The molecule has 0 aliphatic heterocycles. The van der Waals surface area contributed by atoms with Crippen LogP contribution in [-0.4, -0.2) is 24.0 Å². The van der Waals surface area contributed by atoms with E-state index in [9.17, 15) is 9.59 Å². The molecule has 1 atom stereocenters. The van der Waals surface area contributed by atoms with Gasteiger partial charge in [0, 0.05) is 6.04 Å². The molecule has 1 saturated carbocycles. The molecule has 22 heavy (non-hydrogen) atoms. The van der Waals surface area contributed by atoms with Crippen LogP contribution in [-0.2, 0) is 16.0 Å². The number of hydrogen-bond acceptors (Lipinski definition) is 3. The fraction of sp³-hybridized carbons (Fsp3) is 0.556. The van der Waals surface area contributed by atoms with E-state index in [0.29, 0.717) is 5.56 Å². The first-order valence-electron chi connectivity index (χ1n) is 8.20. The zero-order valence-electron chi connectivity index (χ0n) is 13.4. The van der Waals surface area contributed by atoms with Crippen LogP contribution in [0.5, 0.6) is 0 Å². The summed E-state index contributed by atoms with van der Waals surface area (Å²) >= 11 is 0. The molecule has 1 amide bonds. The van der Waals surface area contributed by atoms with Crippen LogP contribution in [0.15, 0.2) is 24.3 Å². The lowest BCUT2D eigenvalue weighted by atomic mass is 9.95. The second-order valence-corrected chi connectivity index (χ2v) is 5.94. The zero-order chi connectivity index (χ0) is 15.9. The fourth-order valence-electron chi connectivity index (χ4n) is 2.72. The number of carbonyl (C=O) groups is 2. The number of rotatable bonds is 5. The van der Waals surface area contributed by atoms with Crippen molar-refractivity contribution in [2.75, 3.05) is 0 Å². The van der Waals surface area contributed by atoms with Gasteiger partial charge in [-0.1, -0.05) is 38.3 Å². The smallest absolute Gasteiger partial charge is 0.338 e. The van der Waals surface area contributed by atoms with Gasteiger partial charge in [-0.15, -0.1) is 0 Å². The van der Waals surface area contributed by atoms with Crippen molar-refractivity contribution in [3.8, 4) is 0 Å². The maximum atomic E-state index is 12.1. The van der Waals surface area contributed by atoms with Gasteiger partial charge in [-0.05, 0) is 43.9 Å².